The van der Waals surface area contributed by atoms with Gasteiger partial charge in [0.2, 0.25) is 0 Å². The van der Waals surface area contributed by atoms with Crippen molar-refractivity contribution in [2.24, 2.45) is 0 Å². The number of nitrogens with zero attached hydrogens (tertiary/aromatic N) is 2. The Morgan fingerprint density at radius 2 is 1.68 bits per heavy atom. The Morgan fingerprint density at radius 1 is 1.00 bits per heavy atom. The number of nitro groups is 2. The molecular formula is C15H13ClN4O5. The molecule has 2 aromatic rings. The van der Waals surface area contributed by atoms with Gasteiger partial charge in [0.1, 0.15) is 11.3 Å². The zero-order valence-electron chi connectivity index (χ0n) is 12.8. The lowest BCUT2D eigenvalue weighted by atomic mass is 10.1. The van der Waals surface area contributed by atoms with E-state index in [1.54, 1.807) is 18.2 Å². The summed E-state index contributed by atoms with van der Waals surface area (Å²) in [6, 6.07) is 9.85. The van der Waals surface area contributed by atoms with Crippen LogP contribution in [0.3, 0.4) is 0 Å². The summed E-state index contributed by atoms with van der Waals surface area (Å²) in [5.74, 6) is -0.632. The molecule has 9 nitrogen and oxygen atoms in total. The Morgan fingerprint density at radius 3 is 2.36 bits per heavy atom. The van der Waals surface area contributed by atoms with Gasteiger partial charge in [0.05, 0.1) is 9.85 Å². The van der Waals surface area contributed by atoms with Crippen molar-refractivity contribution in [3.63, 3.8) is 0 Å². The summed E-state index contributed by atoms with van der Waals surface area (Å²) in [6.45, 7) is 0.322. The van der Waals surface area contributed by atoms with Crippen LogP contribution in [0.5, 0.6) is 0 Å². The number of halogens is 1. The van der Waals surface area contributed by atoms with Gasteiger partial charge in [-0.25, -0.2) is 0 Å². The molecule has 0 aliphatic heterocycles. The molecule has 0 radical (unpaired) electrons. The van der Waals surface area contributed by atoms with Gasteiger partial charge in [0.25, 0.3) is 17.3 Å². The SMILES string of the molecule is O=C(NCCNc1ccccc1[N+](=O)[O-])c1ccc(Cl)cc1[N+](=O)[O-]. The van der Waals surface area contributed by atoms with Crippen molar-refractivity contribution in [2.45, 2.75) is 0 Å². The number of rotatable bonds is 7. The Labute approximate surface area is 146 Å². The highest BCUT2D eigenvalue weighted by Gasteiger charge is 2.20. The van der Waals surface area contributed by atoms with Crippen LogP contribution in [0.25, 0.3) is 0 Å². The highest BCUT2D eigenvalue weighted by molar-refractivity contribution is 6.31. The predicted molar refractivity (Wildman–Crippen MR) is 92.0 cm³/mol. The molecule has 1 amide bonds. The van der Waals surface area contributed by atoms with Gasteiger partial charge < -0.3 is 10.6 Å². The number of benzene rings is 2. The second-order valence-corrected chi connectivity index (χ2v) is 5.31. The maximum atomic E-state index is 12.1. The summed E-state index contributed by atoms with van der Waals surface area (Å²) in [7, 11) is 0. The van der Waals surface area contributed by atoms with Crippen LogP contribution in [-0.4, -0.2) is 28.8 Å². The molecule has 0 saturated heterocycles. The Kier molecular flexibility index (Phi) is 5.85. The number of carbonyl (C=O) groups excluding carboxylic acids is 1. The number of hydrogen-bond acceptors (Lipinski definition) is 6. The molecule has 0 spiro atoms. The number of nitrogens with one attached hydrogen (secondary N) is 2. The van der Waals surface area contributed by atoms with Gasteiger partial charge in [-0.2, -0.15) is 0 Å². The van der Waals surface area contributed by atoms with Crippen LogP contribution < -0.4 is 10.6 Å². The van der Waals surface area contributed by atoms with Gasteiger partial charge in [-0.15, -0.1) is 0 Å². The third-order valence-electron chi connectivity index (χ3n) is 3.23. The molecule has 0 heterocycles. The molecule has 0 unspecified atom stereocenters. The van der Waals surface area contributed by atoms with Crippen LogP contribution in [0.4, 0.5) is 17.1 Å². The first-order valence-electron chi connectivity index (χ1n) is 7.09. The smallest absolute Gasteiger partial charge is 0.292 e. The van der Waals surface area contributed by atoms with Gasteiger partial charge in [-0.05, 0) is 18.2 Å². The maximum Gasteiger partial charge on any atom is 0.292 e. The van der Waals surface area contributed by atoms with Crippen molar-refractivity contribution in [1.29, 1.82) is 0 Å². The summed E-state index contributed by atoms with van der Waals surface area (Å²) in [5.41, 5.74) is -0.266. The van der Waals surface area contributed by atoms with E-state index < -0.39 is 21.4 Å². The maximum absolute atomic E-state index is 12.1. The van der Waals surface area contributed by atoms with Crippen LogP contribution in [0.15, 0.2) is 42.5 Å². The topological polar surface area (TPSA) is 127 Å². The second-order valence-electron chi connectivity index (χ2n) is 4.88. The molecule has 0 atom stereocenters. The van der Waals surface area contributed by atoms with Gasteiger partial charge >= 0.3 is 0 Å². The van der Waals surface area contributed by atoms with Crippen LogP contribution in [0.1, 0.15) is 10.4 Å². The average molecular weight is 365 g/mol. The number of amides is 1. The van der Waals surface area contributed by atoms with Gasteiger partial charge in [-0.1, -0.05) is 23.7 Å². The lowest BCUT2D eigenvalue weighted by Crippen LogP contribution is -2.29. The molecular weight excluding hydrogens is 352 g/mol. The molecule has 0 aliphatic carbocycles. The summed E-state index contributed by atoms with van der Waals surface area (Å²) < 4.78 is 0. The number of nitro benzene ring substituents is 2. The van der Waals surface area contributed by atoms with Crippen molar-refractivity contribution >= 4 is 34.6 Å². The molecule has 0 aliphatic rings. The highest BCUT2D eigenvalue weighted by Crippen LogP contribution is 2.24. The van der Waals surface area contributed by atoms with Crippen LogP contribution in [0, 0.1) is 20.2 Å². The molecule has 25 heavy (non-hydrogen) atoms. The molecule has 130 valence electrons. The number of para-hydroxylation sites is 2. The largest absolute Gasteiger partial charge is 0.378 e. The number of hydrogen-bond donors (Lipinski definition) is 2. The Hall–Kier alpha value is -3.20. The molecule has 10 heteroatoms. The van der Waals surface area contributed by atoms with Crippen molar-refractivity contribution < 1.29 is 14.6 Å². The summed E-state index contributed by atoms with van der Waals surface area (Å²) >= 11 is 5.70. The van der Waals surface area contributed by atoms with Crippen LogP contribution >= 0.6 is 11.6 Å². The normalized spacial score (nSPS) is 10.1. The van der Waals surface area contributed by atoms with E-state index in [1.165, 1.54) is 18.2 Å². The fourth-order valence-electron chi connectivity index (χ4n) is 2.10. The van der Waals surface area contributed by atoms with E-state index in [0.29, 0.717) is 5.69 Å². The predicted octanol–water partition coefficient (Wildman–Crippen LogP) is 3.00. The zero-order valence-corrected chi connectivity index (χ0v) is 13.5. The van der Waals surface area contributed by atoms with Gasteiger partial charge in [0.15, 0.2) is 0 Å². The highest BCUT2D eigenvalue weighted by atomic mass is 35.5. The summed E-state index contributed by atoms with van der Waals surface area (Å²) in [4.78, 5) is 32.8. The molecule has 0 aromatic heterocycles. The summed E-state index contributed by atoms with van der Waals surface area (Å²) in [5, 5.41) is 27.4. The van der Waals surface area contributed by atoms with Gasteiger partial charge in [0, 0.05) is 30.2 Å². The average Bonchev–Trinajstić information content (AvgIpc) is 2.58. The fraction of sp³-hybridized carbons (Fsp3) is 0.133. The van der Waals surface area contributed by atoms with E-state index in [9.17, 15) is 25.0 Å². The van der Waals surface area contributed by atoms with Gasteiger partial charge in [-0.3, -0.25) is 25.0 Å². The first-order valence-corrected chi connectivity index (χ1v) is 7.47. The summed E-state index contributed by atoms with van der Waals surface area (Å²) in [6.07, 6.45) is 0. The number of carbonyl (C=O) groups is 1. The third-order valence-corrected chi connectivity index (χ3v) is 3.46. The van der Waals surface area contributed by atoms with E-state index in [0.717, 1.165) is 6.07 Å². The minimum Gasteiger partial charge on any atom is -0.378 e. The van der Waals surface area contributed by atoms with Crippen molar-refractivity contribution in [2.75, 3.05) is 18.4 Å². The minimum atomic E-state index is -0.688. The standard InChI is InChI=1S/C15H13ClN4O5/c16-10-5-6-11(14(9-10)20(24)25)15(21)18-8-7-17-12-3-1-2-4-13(12)19(22)23/h1-6,9,17H,7-8H2,(H,18,21). The van der Waals surface area contributed by atoms with Crippen LogP contribution in [0.2, 0.25) is 5.02 Å². The second kappa shape index (κ2) is 8.06. The fourth-order valence-corrected chi connectivity index (χ4v) is 2.26. The lowest BCUT2D eigenvalue weighted by molar-refractivity contribution is -0.385. The van der Waals surface area contributed by atoms with Crippen LogP contribution in [-0.2, 0) is 0 Å². The van der Waals surface area contributed by atoms with E-state index in [2.05, 4.69) is 10.6 Å². The molecule has 2 aromatic carbocycles. The van der Waals surface area contributed by atoms with Crippen molar-refractivity contribution in [1.82, 2.24) is 5.32 Å². The quantitative estimate of drug-likeness (QED) is 0.441. The zero-order chi connectivity index (χ0) is 18.4. The monoisotopic (exact) mass is 364 g/mol. The molecule has 0 bridgehead atoms. The first kappa shape index (κ1) is 18.1. The number of anilines is 1. The molecule has 0 saturated carbocycles. The molecule has 0 fully saturated rings. The molecule has 2 N–H and O–H groups in total. The third kappa shape index (κ3) is 4.64. The Bertz CT molecular complexity index is 827. The molecule has 2 rings (SSSR count). The van der Waals surface area contributed by atoms with Crippen molar-refractivity contribution in [3.8, 4) is 0 Å². The first-order chi connectivity index (χ1) is 11.9. The van der Waals surface area contributed by atoms with E-state index in [4.69, 9.17) is 11.6 Å². The lowest BCUT2D eigenvalue weighted by Gasteiger charge is -2.09. The van der Waals surface area contributed by atoms with E-state index in [-0.39, 0.29) is 29.4 Å². The van der Waals surface area contributed by atoms with Crippen molar-refractivity contribution in [3.05, 3.63) is 73.3 Å². The van der Waals surface area contributed by atoms with E-state index in [1.807, 2.05) is 0 Å². The van der Waals surface area contributed by atoms with E-state index >= 15 is 0 Å². The minimum absolute atomic E-state index is 0.0813. The Balaban J connectivity index is 1.96.